The first kappa shape index (κ1) is 14.0. The number of anilines is 1. The van der Waals surface area contributed by atoms with E-state index < -0.39 is 0 Å². The van der Waals surface area contributed by atoms with Crippen LogP contribution < -0.4 is 19.7 Å². The van der Waals surface area contributed by atoms with E-state index in [-0.39, 0.29) is 6.10 Å². The maximum atomic E-state index is 5.79. The Hall–Kier alpha value is -1.46. The minimum atomic E-state index is 0.00816. The second-order valence-corrected chi connectivity index (χ2v) is 4.72. The van der Waals surface area contributed by atoms with E-state index in [0.717, 1.165) is 35.8 Å². The fourth-order valence-electron chi connectivity index (χ4n) is 2.27. The molecule has 1 N–H and O–H groups in total. The maximum absolute atomic E-state index is 5.79. The lowest BCUT2D eigenvalue weighted by Crippen LogP contribution is -2.33. The van der Waals surface area contributed by atoms with Crippen LogP contribution in [0.1, 0.15) is 11.7 Å². The van der Waals surface area contributed by atoms with Crippen molar-refractivity contribution >= 4 is 5.69 Å². The van der Waals surface area contributed by atoms with Crippen LogP contribution in [0, 0.1) is 0 Å². The quantitative estimate of drug-likeness (QED) is 0.893. The first-order valence-electron chi connectivity index (χ1n) is 6.43. The van der Waals surface area contributed by atoms with Gasteiger partial charge in [0.15, 0.2) is 0 Å². The number of hydrogen-bond donors (Lipinski definition) is 1. The molecule has 106 valence electrons. The predicted molar refractivity (Wildman–Crippen MR) is 75.4 cm³/mol. The van der Waals surface area contributed by atoms with Crippen LogP contribution in [0.15, 0.2) is 12.1 Å². The van der Waals surface area contributed by atoms with Gasteiger partial charge in [0.1, 0.15) is 11.5 Å². The zero-order valence-corrected chi connectivity index (χ0v) is 12.0. The van der Waals surface area contributed by atoms with Gasteiger partial charge in [-0.3, -0.25) is 0 Å². The molecule has 0 aromatic heterocycles. The van der Waals surface area contributed by atoms with Crippen molar-refractivity contribution < 1.29 is 14.2 Å². The first-order valence-corrected chi connectivity index (χ1v) is 6.43. The molecule has 1 aromatic rings. The molecule has 0 radical (unpaired) electrons. The summed E-state index contributed by atoms with van der Waals surface area (Å²) in [6, 6.07) is 4.00. The summed E-state index contributed by atoms with van der Waals surface area (Å²) in [7, 11) is 7.32. The number of nitrogens with one attached hydrogen (secondary N) is 1. The first-order chi connectivity index (χ1) is 9.17. The van der Waals surface area contributed by atoms with Gasteiger partial charge in [0.25, 0.3) is 0 Å². The van der Waals surface area contributed by atoms with E-state index in [1.807, 2.05) is 31.1 Å². The minimum absolute atomic E-state index is 0.00816. The fraction of sp³-hybridized carbons (Fsp3) is 0.571. The van der Waals surface area contributed by atoms with Gasteiger partial charge < -0.3 is 24.4 Å². The van der Waals surface area contributed by atoms with Crippen molar-refractivity contribution in [3.8, 4) is 11.5 Å². The van der Waals surface area contributed by atoms with Crippen molar-refractivity contribution in [2.45, 2.75) is 6.10 Å². The molecule has 19 heavy (non-hydrogen) atoms. The van der Waals surface area contributed by atoms with Crippen molar-refractivity contribution in [3.05, 3.63) is 17.7 Å². The summed E-state index contributed by atoms with van der Waals surface area (Å²) in [5.41, 5.74) is 2.02. The Morgan fingerprint density at radius 1 is 1.21 bits per heavy atom. The molecule has 1 unspecified atom stereocenters. The van der Waals surface area contributed by atoms with Gasteiger partial charge in [-0.2, -0.15) is 0 Å². The van der Waals surface area contributed by atoms with Crippen LogP contribution in [0.2, 0.25) is 0 Å². The Labute approximate surface area is 114 Å². The molecule has 1 heterocycles. The standard InChI is InChI=1S/C14H22N2O3/c1-16(2)11-8-12(17-3)10(7-13(11)18-4)14-9-15-5-6-19-14/h7-8,14-15H,5-6,9H2,1-4H3. The normalized spacial score (nSPS) is 19.1. The van der Waals surface area contributed by atoms with Gasteiger partial charge in [-0.25, -0.2) is 0 Å². The lowest BCUT2D eigenvalue weighted by molar-refractivity contribution is 0.0261. The molecule has 5 nitrogen and oxygen atoms in total. The fourth-order valence-corrected chi connectivity index (χ4v) is 2.27. The van der Waals surface area contributed by atoms with Crippen LogP contribution >= 0.6 is 0 Å². The zero-order valence-electron chi connectivity index (χ0n) is 12.0. The van der Waals surface area contributed by atoms with E-state index in [9.17, 15) is 0 Å². The predicted octanol–water partition coefficient (Wildman–Crippen LogP) is 1.43. The summed E-state index contributed by atoms with van der Waals surface area (Å²) in [5.74, 6) is 1.66. The highest BCUT2D eigenvalue weighted by Crippen LogP contribution is 2.38. The van der Waals surface area contributed by atoms with Gasteiger partial charge in [-0.1, -0.05) is 0 Å². The average Bonchev–Trinajstić information content (AvgIpc) is 2.46. The lowest BCUT2D eigenvalue weighted by Gasteiger charge is -2.27. The van der Waals surface area contributed by atoms with Crippen LogP contribution in [-0.4, -0.2) is 48.0 Å². The van der Waals surface area contributed by atoms with Gasteiger partial charge in [0.2, 0.25) is 0 Å². The number of ether oxygens (including phenoxy) is 3. The zero-order chi connectivity index (χ0) is 13.8. The van der Waals surface area contributed by atoms with Crippen molar-refractivity contribution in [3.63, 3.8) is 0 Å². The Morgan fingerprint density at radius 2 is 1.95 bits per heavy atom. The van der Waals surface area contributed by atoms with Gasteiger partial charge in [-0.05, 0) is 6.07 Å². The molecule has 0 bridgehead atoms. The van der Waals surface area contributed by atoms with Crippen molar-refractivity contribution in [2.24, 2.45) is 0 Å². The number of benzene rings is 1. The van der Waals surface area contributed by atoms with E-state index >= 15 is 0 Å². The third-order valence-electron chi connectivity index (χ3n) is 3.29. The summed E-state index contributed by atoms with van der Waals surface area (Å²) in [6.45, 7) is 2.40. The molecule has 0 aliphatic carbocycles. The molecule has 1 atom stereocenters. The van der Waals surface area contributed by atoms with Gasteiger partial charge in [0, 0.05) is 38.8 Å². The lowest BCUT2D eigenvalue weighted by atomic mass is 10.1. The summed E-state index contributed by atoms with van der Waals surface area (Å²) < 4.78 is 16.8. The SMILES string of the molecule is COc1cc(N(C)C)c(OC)cc1C1CNCCO1. The molecule has 2 rings (SSSR count). The Bertz CT molecular complexity index is 429. The van der Waals surface area contributed by atoms with Crippen LogP contribution in [0.25, 0.3) is 0 Å². The van der Waals surface area contributed by atoms with Crippen molar-refractivity contribution in [2.75, 3.05) is 52.9 Å². The number of rotatable bonds is 4. The molecule has 0 saturated carbocycles. The van der Waals surface area contributed by atoms with E-state index in [0.29, 0.717) is 6.61 Å². The number of methoxy groups -OCH3 is 2. The van der Waals surface area contributed by atoms with E-state index in [2.05, 4.69) is 5.32 Å². The Kier molecular flexibility index (Phi) is 4.50. The molecule has 1 saturated heterocycles. The monoisotopic (exact) mass is 266 g/mol. The highest BCUT2D eigenvalue weighted by molar-refractivity contribution is 5.63. The summed E-state index contributed by atoms with van der Waals surface area (Å²) in [6.07, 6.45) is 0.00816. The summed E-state index contributed by atoms with van der Waals surface area (Å²) in [4.78, 5) is 2.01. The third kappa shape index (κ3) is 2.93. The molecule has 1 fully saturated rings. The average molecular weight is 266 g/mol. The van der Waals surface area contributed by atoms with Crippen molar-refractivity contribution in [1.29, 1.82) is 0 Å². The Balaban J connectivity index is 2.41. The van der Waals surface area contributed by atoms with Gasteiger partial charge >= 0.3 is 0 Å². The summed E-state index contributed by atoms with van der Waals surface area (Å²) in [5, 5.41) is 3.33. The molecule has 1 aliphatic heterocycles. The van der Waals surface area contributed by atoms with Gasteiger partial charge in [0.05, 0.1) is 32.6 Å². The van der Waals surface area contributed by atoms with Crippen LogP contribution in [-0.2, 0) is 4.74 Å². The number of morpholine rings is 1. The largest absolute Gasteiger partial charge is 0.496 e. The third-order valence-corrected chi connectivity index (χ3v) is 3.29. The van der Waals surface area contributed by atoms with Crippen LogP contribution in [0.4, 0.5) is 5.69 Å². The van der Waals surface area contributed by atoms with E-state index in [4.69, 9.17) is 14.2 Å². The van der Waals surface area contributed by atoms with Crippen LogP contribution in [0.5, 0.6) is 11.5 Å². The minimum Gasteiger partial charge on any atom is -0.496 e. The molecule has 0 amide bonds. The van der Waals surface area contributed by atoms with E-state index in [1.54, 1.807) is 14.2 Å². The highest BCUT2D eigenvalue weighted by Gasteiger charge is 2.22. The second-order valence-electron chi connectivity index (χ2n) is 4.72. The number of hydrogen-bond acceptors (Lipinski definition) is 5. The molecule has 1 aromatic carbocycles. The molecular weight excluding hydrogens is 244 g/mol. The number of nitrogens with zero attached hydrogens (tertiary/aromatic N) is 1. The maximum Gasteiger partial charge on any atom is 0.142 e. The van der Waals surface area contributed by atoms with E-state index in [1.165, 1.54) is 0 Å². The molecular formula is C14H22N2O3. The summed E-state index contributed by atoms with van der Waals surface area (Å²) >= 11 is 0. The van der Waals surface area contributed by atoms with Gasteiger partial charge in [-0.15, -0.1) is 0 Å². The molecule has 1 aliphatic rings. The Morgan fingerprint density at radius 3 is 2.47 bits per heavy atom. The molecule has 0 spiro atoms. The topological polar surface area (TPSA) is 43.0 Å². The molecule has 5 heteroatoms. The van der Waals surface area contributed by atoms with Crippen LogP contribution in [0.3, 0.4) is 0 Å². The highest BCUT2D eigenvalue weighted by atomic mass is 16.5. The second kappa shape index (κ2) is 6.12. The van der Waals surface area contributed by atoms with Crippen molar-refractivity contribution in [1.82, 2.24) is 5.32 Å². The smallest absolute Gasteiger partial charge is 0.142 e.